The van der Waals surface area contributed by atoms with Crippen molar-refractivity contribution in [1.82, 2.24) is 0 Å². The fourth-order valence-electron chi connectivity index (χ4n) is 1.42. The summed E-state index contributed by atoms with van der Waals surface area (Å²) >= 11 is 5.49. The van der Waals surface area contributed by atoms with Crippen molar-refractivity contribution >= 4 is 23.4 Å². The normalized spacial score (nSPS) is 9.61. The van der Waals surface area contributed by atoms with Gasteiger partial charge in [-0.15, -0.1) is 11.6 Å². The molecule has 0 unspecified atom stereocenters. The largest absolute Gasteiger partial charge is 0.462 e. The van der Waals surface area contributed by atoms with Gasteiger partial charge in [-0.3, -0.25) is 4.79 Å². The molecule has 5 heteroatoms. The highest BCUT2D eigenvalue weighted by molar-refractivity contribution is 6.19. The van der Waals surface area contributed by atoms with Gasteiger partial charge in [-0.1, -0.05) is 0 Å². The summed E-state index contributed by atoms with van der Waals surface area (Å²) in [6.07, 6.45) is 0.165. The topological polar surface area (TPSA) is 67.2 Å². The van der Waals surface area contributed by atoms with Gasteiger partial charge in [-0.2, -0.15) is 5.26 Å². The Morgan fingerprint density at radius 1 is 1.33 bits per heavy atom. The van der Waals surface area contributed by atoms with Crippen LogP contribution in [0.15, 0.2) is 18.2 Å². The molecule has 0 N–H and O–H groups in total. The second kappa shape index (κ2) is 6.77. The van der Waals surface area contributed by atoms with Crippen LogP contribution in [0, 0.1) is 11.3 Å². The molecule has 1 aromatic rings. The van der Waals surface area contributed by atoms with Crippen molar-refractivity contribution in [2.75, 3.05) is 12.5 Å². The summed E-state index contributed by atoms with van der Waals surface area (Å²) in [4.78, 5) is 23.3. The number of ether oxygens (including phenoxy) is 1. The van der Waals surface area contributed by atoms with Crippen molar-refractivity contribution < 1.29 is 14.3 Å². The Hall–Kier alpha value is -1.86. The predicted molar refractivity (Wildman–Crippen MR) is 66.8 cm³/mol. The summed E-state index contributed by atoms with van der Waals surface area (Å²) in [5, 5.41) is 8.87. The van der Waals surface area contributed by atoms with Crippen LogP contribution in [-0.2, 0) is 4.74 Å². The molecule has 1 aromatic carbocycles. The van der Waals surface area contributed by atoms with Crippen LogP contribution in [0.3, 0.4) is 0 Å². The Kier molecular flexibility index (Phi) is 5.34. The number of Topliss-reactive ketones (excluding diaryl/α,β-unsaturated/α-hetero) is 1. The van der Waals surface area contributed by atoms with E-state index < -0.39 is 5.97 Å². The summed E-state index contributed by atoms with van der Waals surface area (Å²) in [6.45, 7) is 1.92. The van der Waals surface area contributed by atoms with Crippen molar-refractivity contribution in [2.45, 2.75) is 13.3 Å². The van der Waals surface area contributed by atoms with E-state index in [0.717, 1.165) is 0 Å². The van der Waals surface area contributed by atoms with E-state index >= 15 is 0 Å². The maximum atomic E-state index is 11.7. The average Bonchev–Trinajstić information content (AvgIpc) is 2.38. The lowest BCUT2D eigenvalue weighted by molar-refractivity contribution is 0.0526. The molecule has 0 bridgehead atoms. The van der Waals surface area contributed by atoms with Crippen LogP contribution in [0.25, 0.3) is 0 Å². The highest BCUT2D eigenvalue weighted by Crippen LogP contribution is 2.13. The minimum Gasteiger partial charge on any atom is -0.462 e. The zero-order valence-electron chi connectivity index (χ0n) is 9.90. The molecule has 18 heavy (non-hydrogen) atoms. The molecule has 0 saturated heterocycles. The highest BCUT2D eigenvalue weighted by atomic mass is 35.5. The van der Waals surface area contributed by atoms with Crippen molar-refractivity contribution in [2.24, 2.45) is 0 Å². The molecular formula is C13H12ClNO3. The first-order valence-corrected chi connectivity index (χ1v) is 5.97. The average molecular weight is 266 g/mol. The summed E-state index contributed by atoms with van der Waals surface area (Å²) < 4.78 is 4.84. The molecule has 0 spiro atoms. The first kappa shape index (κ1) is 14.2. The molecular weight excluding hydrogens is 254 g/mol. The van der Waals surface area contributed by atoms with Gasteiger partial charge in [-0.05, 0) is 25.1 Å². The van der Waals surface area contributed by atoms with Crippen LogP contribution in [-0.4, -0.2) is 24.2 Å². The summed E-state index contributed by atoms with van der Waals surface area (Å²) in [5.41, 5.74) is 0.755. The number of halogens is 1. The fraction of sp³-hybridized carbons (Fsp3) is 0.308. The second-order valence-electron chi connectivity index (χ2n) is 3.49. The lowest BCUT2D eigenvalue weighted by atomic mass is 10.0. The lowest BCUT2D eigenvalue weighted by Gasteiger charge is -2.05. The number of carbonyl (C=O) groups excluding carboxylic acids is 2. The molecule has 1 rings (SSSR count). The van der Waals surface area contributed by atoms with E-state index in [9.17, 15) is 9.59 Å². The Bertz CT molecular complexity index is 469. The Labute approximate surface area is 110 Å². The van der Waals surface area contributed by atoms with Gasteiger partial charge >= 0.3 is 5.97 Å². The van der Waals surface area contributed by atoms with Crippen molar-refractivity contribution in [1.29, 1.82) is 5.26 Å². The summed E-state index contributed by atoms with van der Waals surface area (Å²) in [5.74, 6) is -0.549. The molecule has 0 atom stereocenters. The van der Waals surface area contributed by atoms with Gasteiger partial charge in [0.05, 0.1) is 23.8 Å². The molecule has 0 saturated carbocycles. The van der Waals surface area contributed by atoms with Gasteiger partial charge in [-0.25, -0.2) is 4.79 Å². The summed E-state index contributed by atoms with van der Waals surface area (Å²) in [7, 11) is 0. The zero-order chi connectivity index (χ0) is 13.5. The van der Waals surface area contributed by atoms with E-state index in [2.05, 4.69) is 0 Å². The molecule has 0 aliphatic rings. The number of esters is 1. The van der Waals surface area contributed by atoms with Crippen LogP contribution >= 0.6 is 11.6 Å². The van der Waals surface area contributed by atoms with Crippen LogP contribution in [0.4, 0.5) is 0 Å². The van der Waals surface area contributed by atoms with Crippen LogP contribution < -0.4 is 0 Å². The number of nitrogens with zero attached hydrogens (tertiary/aromatic N) is 1. The van der Waals surface area contributed by atoms with Gasteiger partial charge in [0.1, 0.15) is 0 Å². The molecule has 0 fully saturated rings. The molecule has 4 nitrogen and oxygen atoms in total. The number of hydrogen-bond acceptors (Lipinski definition) is 4. The van der Waals surface area contributed by atoms with Crippen LogP contribution in [0.5, 0.6) is 0 Å². The van der Waals surface area contributed by atoms with Crippen LogP contribution in [0.1, 0.15) is 39.6 Å². The molecule has 0 aliphatic heterocycles. The molecule has 0 aromatic heterocycles. The number of carbonyl (C=O) groups is 2. The third-order valence-corrected chi connectivity index (χ3v) is 2.41. The highest BCUT2D eigenvalue weighted by Gasteiger charge is 2.13. The SMILES string of the molecule is CCOC(=O)c1cc(C#N)cc(C(=O)CCCl)c1. The van der Waals surface area contributed by atoms with Crippen LogP contribution in [0.2, 0.25) is 0 Å². The molecule has 0 amide bonds. The van der Waals surface area contributed by atoms with Gasteiger partial charge in [0.25, 0.3) is 0 Å². The molecule has 0 heterocycles. The van der Waals surface area contributed by atoms with Crippen molar-refractivity contribution in [3.8, 4) is 6.07 Å². The standard InChI is InChI=1S/C13H12ClNO3/c1-2-18-13(17)11-6-9(8-15)5-10(7-11)12(16)3-4-14/h5-7H,2-4H2,1H3. The van der Waals surface area contributed by atoms with Gasteiger partial charge in [0.15, 0.2) is 5.78 Å². The van der Waals surface area contributed by atoms with Crippen molar-refractivity contribution in [3.05, 3.63) is 34.9 Å². The van der Waals surface area contributed by atoms with E-state index in [4.69, 9.17) is 21.6 Å². The smallest absolute Gasteiger partial charge is 0.338 e. The third kappa shape index (κ3) is 3.57. The number of hydrogen-bond donors (Lipinski definition) is 0. The molecule has 0 radical (unpaired) electrons. The van der Waals surface area contributed by atoms with E-state index in [1.54, 1.807) is 6.92 Å². The van der Waals surface area contributed by atoms with E-state index in [-0.39, 0.29) is 35.8 Å². The maximum absolute atomic E-state index is 11.7. The monoisotopic (exact) mass is 265 g/mol. The number of rotatable bonds is 5. The maximum Gasteiger partial charge on any atom is 0.338 e. The van der Waals surface area contributed by atoms with Gasteiger partial charge in [0, 0.05) is 17.9 Å². The summed E-state index contributed by atoms with van der Waals surface area (Å²) in [6, 6.07) is 6.17. The number of ketones is 1. The number of alkyl halides is 1. The fourth-order valence-corrected chi connectivity index (χ4v) is 1.59. The van der Waals surface area contributed by atoms with Gasteiger partial charge in [0.2, 0.25) is 0 Å². The minimum absolute atomic E-state index is 0.165. The number of benzene rings is 1. The van der Waals surface area contributed by atoms with E-state index in [1.807, 2.05) is 6.07 Å². The zero-order valence-corrected chi connectivity index (χ0v) is 10.7. The minimum atomic E-state index is -0.547. The third-order valence-electron chi connectivity index (χ3n) is 2.22. The Balaban J connectivity index is 3.14. The van der Waals surface area contributed by atoms with E-state index in [0.29, 0.717) is 5.56 Å². The quantitative estimate of drug-likeness (QED) is 0.466. The van der Waals surface area contributed by atoms with Crippen molar-refractivity contribution in [3.63, 3.8) is 0 Å². The van der Waals surface area contributed by atoms with E-state index in [1.165, 1.54) is 18.2 Å². The Morgan fingerprint density at radius 3 is 2.56 bits per heavy atom. The molecule has 0 aliphatic carbocycles. The first-order chi connectivity index (χ1) is 8.62. The Morgan fingerprint density at radius 2 is 2.00 bits per heavy atom. The lowest BCUT2D eigenvalue weighted by Crippen LogP contribution is -2.08. The predicted octanol–water partition coefficient (Wildman–Crippen LogP) is 2.55. The van der Waals surface area contributed by atoms with Gasteiger partial charge < -0.3 is 4.74 Å². The first-order valence-electron chi connectivity index (χ1n) is 5.43. The number of nitriles is 1. The second-order valence-corrected chi connectivity index (χ2v) is 3.87. The molecule has 94 valence electrons.